The molecule has 0 saturated carbocycles. The number of benzene rings is 1. The van der Waals surface area contributed by atoms with Crippen LogP contribution < -0.4 is 9.80 Å². The number of nitro groups is 1. The van der Waals surface area contributed by atoms with Crippen LogP contribution in [0.25, 0.3) is 0 Å². The fourth-order valence-corrected chi connectivity index (χ4v) is 3.24. The Balaban J connectivity index is 2.05. The van der Waals surface area contributed by atoms with Crippen LogP contribution in [0.15, 0.2) is 36.7 Å². The number of rotatable bonds is 5. The molecule has 0 bridgehead atoms. The molecule has 25 heavy (non-hydrogen) atoms. The first-order chi connectivity index (χ1) is 12.1. The van der Waals surface area contributed by atoms with Crippen molar-refractivity contribution in [2.75, 3.05) is 29.4 Å². The van der Waals surface area contributed by atoms with Gasteiger partial charge in [0.1, 0.15) is 6.33 Å². The van der Waals surface area contributed by atoms with Crippen molar-refractivity contribution in [2.45, 2.75) is 26.7 Å². The van der Waals surface area contributed by atoms with E-state index in [2.05, 4.69) is 16.9 Å². The summed E-state index contributed by atoms with van der Waals surface area (Å²) in [6, 6.07) is 9.61. The van der Waals surface area contributed by atoms with E-state index in [1.165, 1.54) is 6.33 Å². The van der Waals surface area contributed by atoms with Gasteiger partial charge in [-0.1, -0.05) is 25.1 Å². The first kappa shape index (κ1) is 17.1. The Morgan fingerprint density at radius 3 is 2.52 bits per heavy atom. The molecule has 0 aliphatic carbocycles. The molecule has 2 aromatic rings. The van der Waals surface area contributed by atoms with Crippen LogP contribution in [0.4, 0.5) is 23.0 Å². The second-order valence-corrected chi connectivity index (χ2v) is 6.38. The zero-order valence-electron chi connectivity index (χ0n) is 14.6. The Morgan fingerprint density at radius 2 is 1.92 bits per heavy atom. The van der Waals surface area contributed by atoms with Gasteiger partial charge in [0.25, 0.3) is 0 Å². The number of hydrogen-bond acceptors (Lipinski definition) is 6. The molecule has 132 valence electrons. The van der Waals surface area contributed by atoms with E-state index in [-0.39, 0.29) is 10.6 Å². The van der Waals surface area contributed by atoms with Gasteiger partial charge in [0.15, 0.2) is 0 Å². The normalized spacial score (nSPS) is 15.2. The molecule has 1 aliphatic rings. The van der Waals surface area contributed by atoms with Gasteiger partial charge in [-0.05, 0) is 37.8 Å². The van der Waals surface area contributed by atoms with Crippen molar-refractivity contribution in [2.24, 2.45) is 5.92 Å². The molecule has 7 heteroatoms. The highest BCUT2D eigenvalue weighted by atomic mass is 16.6. The summed E-state index contributed by atoms with van der Waals surface area (Å²) in [4.78, 5) is 23.9. The van der Waals surface area contributed by atoms with Gasteiger partial charge in [-0.15, -0.1) is 0 Å². The average Bonchev–Trinajstić information content (AvgIpc) is 2.63. The molecular weight excluding hydrogens is 318 g/mol. The molecule has 0 radical (unpaired) electrons. The molecule has 1 saturated heterocycles. The van der Waals surface area contributed by atoms with E-state index < -0.39 is 0 Å². The summed E-state index contributed by atoms with van der Waals surface area (Å²) in [6.45, 7) is 6.33. The predicted molar refractivity (Wildman–Crippen MR) is 98.4 cm³/mol. The second-order valence-electron chi connectivity index (χ2n) is 6.38. The highest BCUT2D eigenvalue weighted by Gasteiger charge is 2.31. The van der Waals surface area contributed by atoms with E-state index in [1.807, 2.05) is 47.1 Å². The van der Waals surface area contributed by atoms with Crippen LogP contribution in [0, 0.1) is 16.0 Å². The maximum atomic E-state index is 11.9. The summed E-state index contributed by atoms with van der Waals surface area (Å²) in [5.41, 5.74) is 0.868. The third-order valence-corrected chi connectivity index (χ3v) is 4.69. The van der Waals surface area contributed by atoms with Crippen LogP contribution in [0.2, 0.25) is 0 Å². The van der Waals surface area contributed by atoms with Gasteiger partial charge >= 0.3 is 5.69 Å². The lowest BCUT2D eigenvalue weighted by molar-refractivity contribution is -0.383. The van der Waals surface area contributed by atoms with E-state index in [1.54, 1.807) is 0 Å². The molecule has 0 amide bonds. The summed E-state index contributed by atoms with van der Waals surface area (Å²) < 4.78 is 0. The molecule has 0 unspecified atom stereocenters. The highest BCUT2D eigenvalue weighted by molar-refractivity contribution is 5.76. The molecule has 1 aromatic carbocycles. The summed E-state index contributed by atoms with van der Waals surface area (Å²) in [6.07, 6.45) is 3.47. The van der Waals surface area contributed by atoms with Crippen LogP contribution in [0.3, 0.4) is 0 Å². The lowest BCUT2D eigenvalue weighted by Crippen LogP contribution is -2.34. The fraction of sp³-hybridized carbons (Fsp3) is 0.444. The van der Waals surface area contributed by atoms with Crippen LogP contribution >= 0.6 is 0 Å². The van der Waals surface area contributed by atoms with Crippen LogP contribution in [0.5, 0.6) is 0 Å². The van der Waals surface area contributed by atoms with Crippen molar-refractivity contribution in [3.05, 3.63) is 46.8 Å². The lowest BCUT2D eigenvalue weighted by atomic mass is 9.99. The Bertz CT molecular complexity index is 730. The zero-order valence-corrected chi connectivity index (χ0v) is 14.6. The van der Waals surface area contributed by atoms with Gasteiger partial charge in [0.2, 0.25) is 11.6 Å². The molecular formula is C18H23N5O2. The number of nitrogens with zero attached hydrogens (tertiary/aromatic N) is 5. The molecule has 7 nitrogen and oxygen atoms in total. The number of hydrogen-bond donors (Lipinski definition) is 0. The van der Waals surface area contributed by atoms with Gasteiger partial charge in [-0.25, -0.2) is 9.97 Å². The van der Waals surface area contributed by atoms with Crippen molar-refractivity contribution in [1.82, 2.24) is 9.97 Å². The average molecular weight is 341 g/mol. The Morgan fingerprint density at radius 1 is 1.24 bits per heavy atom. The van der Waals surface area contributed by atoms with Gasteiger partial charge in [0, 0.05) is 25.3 Å². The highest BCUT2D eigenvalue weighted by Crippen LogP contribution is 2.38. The van der Waals surface area contributed by atoms with Gasteiger partial charge in [0.05, 0.1) is 4.92 Å². The summed E-state index contributed by atoms with van der Waals surface area (Å²) >= 11 is 0. The van der Waals surface area contributed by atoms with E-state index in [4.69, 9.17) is 0 Å². The summed E-state index contributed by atoms with van der Waals surface area (Å²) in [7, 11) is 0. The van der Waals surface area contributed by atoms with Crippen LogP contribution in [-0.4, -0.2) is 34.5 Å². The largest absolute Gasteiger partial charge is 0.353 e. The van der Waals surface area contributed by atoms with Crippen molar-refractivity contribution < 1.29 is 4.92 Å². The number of para-hydroxylation sites is 1. The van der Waals surface area contributed by atoms with E-state index >= 15 is 0 Å². The van der Waals surface area contributed by atoms with Crippen molar-refractivity contribution in [1.29, 1.82) is 0 Å². The van der Waals surface area contributed by atoms with Crippen molar-refractivity contribution in [3.8, 4) is 0 Å². The number of piperidine rings is 1. The van der Waals surface area contributed by atoms with E-state index in [0.717, 1.165) is 31.6 Å². The quantitative estimate of drug-likeness (QED) is 0.608. The van der Waals surface area contributed by atoms with Gasteiger partial charge in [-0.2, -0.15) is 0 Å². The van der Waals surface area contributed by atoms with Crippen molar-refractivity contribution in [3.63, 3.8) is 0 Å². The van der Waals surface area contributed by atoms with Crippen LogP contribution in [0.1, 0.15) is 26.7 Å². The first-order valence-electron chi connectivity index (χ1n) is 8.68. The maximum absolute atomic E-state index is 11.9. The third kappa shape index (κ3) is 3.55. The number of anilines is 3. The third-order valence-electron chi connectivity index (χ3n) is 4.69. The minimum Gasteiger partial charge on any atom is -0.351 e. The molecule has 1 aliphatic heterocycles. The second kappa shape index (κ2) is 7.46. The lowest BCUT2D eigenvalue weighted by Gasteiger charge is -2.31. The molecule has 1 fully saturated rings. The van der Waals surface area contributed by atoms with Crippen LogP contribution in [-0.2, 0) is 0 Å². The van der Waals surface area contributed by atoms with Gasteiger partial charge in [-0.3, -0.25) is 10.1 Å². The fourth-order valence-electron chi connectivity index (χ4n) is 3.24. The Kier molecular flexibility index (Phi) is 5.11. The minimum atomic E-state index is -0.353. The van der Waals surface area contributed by atoms with E-state index in [9.17, 15) is 10.1 Å². The maximum Gasteiger partial charge on any atom is 0.353 e. The Hall–Kier alpha value is -2.70. The minimum absolute atomic E-state index is 0.0113. The Labute approximate surface area is 147 Å². The smallest absolute Gasteiger partial charge is 0.351 e. The standard InChI is InChI=1S/C18H23N5O2/c1-3-22(15-7-5-4-6-8-15)18-16(23(24)25)17(19-13-20-18)21-11-9-14(2)10-12-21/h4-8,13-14H,3,9-12H2,1-2H3. The molecule has 1 aromatic heterocycles. The molecule has 3 rings (SSSR count). The summed E-state index contributed by atoms with van der Waals surface area (Å²) in [5, 5.41) is 11.9. The molecule has 0 spiro atoms. The molecule has 0 N–H and O–H groups in total. The summed E-state index contributed by atoms with van der Waals surface area (Å²) in [5.74, 6) is 1.42. The van der Waals surface area contributed by atoms with Crippen molar-refractivity contribution >= 4 is 23.0 Å². The zero-order chi connectivity index (χ0) is 17.8. The molecule has 2 heterocycles. The topological polar surface area (TPSA) is 75.4 Å². The van der Waals surface area contributed by atoms with Gasteiger partial charge < -0.3 is 9.80 Å². The monoisotopic (exact) mass is 341 g/mol. The molecule has 0 atom stereocenters. The first-order valence-corrected chi connectivity index (χ1v) is 8.68. The van der Waals surface area contributed by atoms with E-state index in [0.29, 0.717) is 24.1 Å². The SMILES string of the molecule is CCN(c1ccccc1)c1ncnc(N2CCC(C)CC2)c1[N+](=O)[O-]. The predicted octanol–water partition coefficient (Wildman–Crippen LogP) is 3.78. The number of aromatic nitrogens is 2.